The monoisotopic (exact) mass is 391 g/mol. The molecule has 0 N–H and O–H groups in total. The summed E-state index contributed by atoms with van der Waals surface area (Å²) in [5.41, 5.74) is 3.86. The van der Waals surface area contributed by atoms with Crippen LogP contribution in [-0.2, 0) is 0 Å². The molecule has 1 unspecified atom stereocenters. The Morgan fingerprint density at radius 2 is 1.90 bits per heavy atom. The fourth-order valence-corrected chi connectivity index (χ4v) is 4.30. The highest BCUT2D eigenvalue weighted by Crippen LogP contribution is 2.29. The van der Waals surface area contributed by atoms with E-state index in [-0.39, 0.29) is 11.7 Å². The molecule has 7 heteroatoms. The summed E-state index contributed by atoms with van der Waals surface area (Å²) in [6.45, 7) is 8.59. The highest BCUT2D eigenvalue weighted by atomic mass is 16.4. The van der Waals surface area contributed by atoms with Gasteiger partial charge >= 0.3 is 5.63 Å². The number of amidine groups is 1. The van der Waals surface area contributed by atoms with Crippen LogP contribution in [0.15, 0.2) is 55.4 Å². The van der Waals surface area contributed by atoms with Crippen molar-refractivity contribution in [2.75, 3.05) is 44.7 Å². The van der Waals surface area contributed by atoms with Crippen LogP contribution < -0.4 is 10.5 Å². The number of aliphatic imine (C=N–C) groups is 2. The first-order chi connectivity index (χ1) is 14.0. The molecule has 1 saturated heterocycles. The van der Waals surface area contributed by atoms with Gasteiger partial charge in [-0.25, -0.2) is 4.79 Å². The number of piperazine rings is 1. The van der Waals surface area contributed by atoms with Gasteiger partial charge in [-0.05, 0) is 39.1 Å². The molecule has 29 heavy (non-hydrogen) atoms. The topological polar surface area (TPSA) is 64.7 Å². The number of benzene rings is 1. The van der Waals surface area contributed by atoms with Crippen molar-refractivity contribution in [3.63, 3.8) is 0 Å². The molecule has 0 radical (unpaired) electrons. The van der Waals surface area contributed by atoms with Crippen LogP contribution in [0.5, 0.6) is 0 Å². The van der Waals surface area contributed by atoms with E-state index < -0.39 is 0 Å². The van der Waals surface area contributed by atoms with Gasteiger partial charge in [0.25, 0.3) is 0 Å². The van der Waals surface area contributed by atoms with Crippen molar-refractivity contribution in [2.24, 2.45) is 9.98 Å². The number of fused-ring (bicyclic) bond motifs is 2. The molecule has 3 aliphatic rings. The van der Waals surface area contributed by atoms with Crippen molar-refractivity contribution in [1.82, 2.24) is 9.80 Å². The van der Waals surface area contributed by atoms with E-state index in [2.05, 4.69) is 32.8 Å². The molecule has 1 atom stereocenters. The molecular formula is C22H25N5O2. The number of hydrogen-bond donors (Lipinski definition) is 0. The Morgan fingerprint density at radius 1 is 1.10 bits per heavy atom. The lowest BCUT2D eigenvalue weighted by Gasteiger charge is -2.34. The Balaban J connectivity index is 1.46. The third kappa shape index (κ3) is 3.25. The van der Waals surface area contributed by atoms with Crippen LogP contribution in [0.25, 0.3) is 11.0 Å². The summed E-state index contributed by atoms with van der Waals surface area (Å²) in [6.07, 6.45) is 1.98. The molecule has 5 rings (SSSR count). The fourth-order valence-electron chi connectivity index (χ4n) is 4.30. The van der Waals surface area contributed by atoms with Gasteiger partial charge in [0.2, 0.25) is 0 Å². The maximum Gasteiger partial charge on any atom is 0.341 e. The maximum absolute atomic E-state index is 12.8. The Hall–Kier alpha value is -2.93. The lowest BCUT2D eigenvalue weighted by atomic mass is 10.1. The first-order valence-corrected chi connectivity index (χ1v) is 10.1. The van der Waals surface area contributed by atoms with Crippen LogP contribution in [0.4, 0.5) is 5.69 Å². The van der Waals surface area contributed by atoms with Gasteiger partial charge < -0.3 is 19.1 Å². The lowest BCUT2D eigenvalue weighted by Crippen LogP contribution is -2.44. The molecular weight excluding hydrogens is 366 g/mol. The average molecular weight is 391 g/mol. The molecule has 150 valence electrons. The molecule has 0 aliphatic carbocycles. The first kappa shape index (κ1) is 18.1. The standard InChI is InChI=1S/C22H25N5O2/c1-14-12-27-13-19(24-21(27)15(2)23-14)18-10-16-4-5-17(11-20(16)29-22(18)28)26-8-6-25(3)7-9-26/h4-5,10-12,19H,6-9,13H2,1-3H3. The van der Waals surface area contributed by atoms with E-state index in [1.165, 1.54) is 0 Å². The minimum atomic E-state index is -0.308. The molecule has 2 aromatic rings. The second kappa shape index (κ2) is 6.84. The Bertz CT molecular complexity index is 1120. The van der Waals surface area contributed by atoms with Gasteiger partial charge in [0.1, 0.15) is 17.5 Å². The van der Waals surface area contributed by atoms with E-state index in [1.807, 2.05) is 38.2 Å². The van der Waals surface area contributed by atoms with Crippen LogP contribution in [0.1, 0.15) is 25.5 Å². The summed E-state index contributed by atoms with van der Waals surface area (Å²) < 4.78 is 5.73. The van der Waals surface area contributed by atoms with Crippen molar-refractivity contribution in [3.8, 4) is 0 Å². The number of likely N-dealkylation sites (N-methyl/N-ethyl adjacent to an activating group) is 1. The van der Waals surface area contributed by atoms with Gasteiger partial charge in [0.15, 0.2) is 0 Å². The quantitative estimate of drug-likeness (QED) is 0.737. The van der Waals surface area contributed by atoms with Crippen LogP contribution in [-0.4, -0.2) is 61.1 Å². The van der Waals surface area contributed by atoms with E-state index in [1.54, 1.807) is 0 Å². The van der Waals surface area contributed by atoms with Crippen molar-refractivity contribution in [2.45, 2.75) is 19.9 Å². The highest BCUT2D eigenvalue weighted by Gasteiger charge is 2.31. The summed E-state index contributed by atoms with van der Waals surface area (Å²) >= 11 is 0. The molecule has 1 aromatic heterocycles. The molecule has 0 bridgehead atoms. The maximum atomic E-state index is 12.8. The summed E-state index contributed by atoms with van der Waals surface area (Å²) in [7, 11) is 2.14. The van der Waals surface area contributed by atoms with Gasteiger partial charge in [-0.1, -0.05) is 0 Å². The summed E-state index contributed by atoms with van der Waals surface area (Å²) in [5, 5.41) is 0.930. The van der Waals surface area contributed by atoms with Gasteiger partial charge in [-0.2, -0.15) is 0 Å². The van der Waals surface area contributed by atoms with E-state index in [0.717, 1.165) is 54.5 Å². The van der Waals surface area contributed by atoms with Crippen molar-refractivity contribution in [1.29, 1.82) is 0 Å². The zero-order valence-electron chi connectivity index (χ0n) is 17.1. The minimum Gasteiger partial charge on any atom is -0.422 e. The van der Waals surface area contributed by atoms with E-state index in [9.17, 15) is 4.79 Å². The molecule has 1 aromatic carbocycles. The number of allylic oxidation sites excluding steroid dienone is 1. The van der Waals surface area contributed by atoms with Crippen LogP contribution in [0.3, 0.4) is 0 Å². The van der Waals surface area contributed by atoms with E-state index >= 15 is 0 Å². The number of anilines is 1. The Labute approximate surface area is 169 Å². The summed E-state index contributed by atoms with van der Waals surface area (Å²) in [6, 6.07) is 7.84. The molecule has 1 fully saturated rings. The number of hydrogen-bond acceptors (Lipinski definition) is 7. The minimum absolute atomic E-state index is 0.241. The van der Waals surface area contributed by atoms with E-state index in [0.29, 0.717) is 17.7 Å². The number of rotatable bonds is 2. The largest absolute Gasteiger partial charge is 0.422 e. The molecule has 0 saturated carbocycles. The van der Waals surface area contributed by atoms with Crippen LogP contribution >= 0.6 is 0 Å². The zero-order chi connectivity index (χ0) is 20.1. The second-order valence-electron chi connectivity index (χ2n) is 8.09. The normalized spacial score (nSPS) is 22.4. The smallest absolute Gasteiger partial charge is 0.341 e. The third-order valence-corrected chi connectivity index (χ3v) is 5.90. The Kier molecular flexibility index (Phi) is 4.28. The predicted molar refractivity (Wildman–Crippen MR) is 116 cm³/mol. The second-order valence-corrected chi connectivity index (χ2v) is 8.09. The van der Waals surface area contributed by atoms with Crippen LogP contribution in [0.2, 0.25) is 0 Å². The van der Waals surface area contributed by atoms with Crippen LogP contribution in [0, 0.1) is 0 Å². The fraction of sp³-hybridized carbons (Fsp3) is 0.409. The van der Waals surface area contributed by atoms with E-state index in [4.69, 9.17) is 9.41 Å². The first-order valence-electron chi connectivity index (χ1n) is 10.1. The highest BCUT2D eigenvalue weighted by molar-refractivity contribution is 6.41. The van der Waals surface area contributed by atoms with Crippen molar-refractivity contribution >= 4 is 28.2 Å². The summed E-state index contributed by atoms with van der Waals surface area (Å²) in [4.78, 5) is 28.8. The molecule has 3 aliphatic heterocycles. The average Bonchev–Trinajstić information content (AvgIpc) is 3.11. The van der Waals surface area contributed by atoms with Gasteiger partial charge in [0.05, 0.1) is 23.5 Å². The molecule has 7 nitrogen and oxygen atoms in total. The third-order valence-electron chi connectivity index (χ3n) is 5.90. The molecule has 0 amide bonds. The lowest BCUT2D eigenvalue weighted by molar-refractivity contribution is 0.313. The predicted octanol–water partition coefficient (Wildman–Crippen LogP) is 2.64. The van der Waals surface area contributed by atoms with Gasteiger partial charge in [0, 0.05) is 49.5 Å². The molecule has 4 heterocycles. The molecule has 0 spiro atoms. The summed E-state index contributed by atoms with van der Waals surface area (Å²) in [5.74, 6) is 0.838. The zero-order valence-corrected chi connectivity index (χ0v) is 17.1. The van der Waals surface area contributed by atoms with Gasteiger partial charge in [-0.15, -0.1) is 0 Å². The van der Waals surface area contributed by atoms with Gasteiger partial charge in [-0.3, -0.25) is 9.98 Å². The van der Waals surface area contributed by atoms with Crippen molar-refractivity contribution in [3.05, 3.63) is 52.1 Å². The Morgan fingerprint density at radius 3 is 2.69 bits per heavy atom. The SMILES string of the molecule is CC1=CN2CC(c3cc4ccc(N5CCN(C)CC5)cc4oc3=O)N=C2C(C)=N1. The van der Waals surface area contributed by atoms with Crippen molar-refractivity contribution < 1.29 is 4.42 Å². The number of nitrogens with zero attached hydrogens (tertiary/aromatic N) is 5.